The van der Waals surface area contributed by atoms with Gasteiger partial charge in [0.25, 0.3) is 10.2 Å². The smallest absolute Gasteiger partial charge is 0.282 e. The lowest BCUT2D eigenvalue weighted by molar-refractivity contribution is 0.349. The normalized spacial score (nSPS) is 24.9. The van der Waals surface area contributed by atoms with E-state index in [0.29, 0.717) is 26.2 Å². The maximum atomic E-state index is 12.5. The second-order valence-electron chi connectivity index (χ2n) is 4.82. The van der Waals surface area contributed by atoms with Crippen molar-refractivity contribution in [3.63, 3.8) is 0 Å². The molecule has 2 aliphatic rings. The highest BCUT2D eigenvalue weighted by molar-refractivity contribution is 7.86. The van der Waals surface area contributed by atoms with Crippen LogP contribution in [0.25, 0.3) is 0 Å². The zero-order chi connectivity index (χ0) is 12.1. The van der Waals surface area contributed by atoms with Gasteiger partial charge in [-0.25, -0.2) is 0 Å². The number of hydrogen-bond donors (Lipinski definition) is 1. The quantitative estimate of drug-likeness (QED) is 0.821. The minimum Gasteiger partial charge on any atom is -0.315 e. The highest BCUT2D eigenvalue weighted by atomic mass is 35.5. The number of halogens is 1. The van der Waals surface area contributed by atoms with Crippen molar-refractivity contribution < 1.29 is 8.42 Å². The van der Waals surface area contributed by atoms with E-state index in [1.807, 2.05) is 0 Å². The van der Waals surface area contributed by atoms with E-state index in [4.69, 9.17) is 0 Å². The van der Waals surface area contributed by atoms with Crippen molar-refractivity contribution in [1.82, 2.24) is 13.9 Å². The van der Waals surface area contributed by atoms with Crippen LogP contribution in [0.4, 0.5) is 0 Å². The van der Waals surface area contributed by atoms with E-state index in [-0.39, 0.29) is 12.4 Å². The predicted octanol–water partition coefficient (Wildman–Crippen LogP) is 0.824. The first kappa shape index (κ1) is 16.2. The van der Waals surface area contributed by atoms with Gasteiger partial charge in [-0.05, 0) is 25.8 Å². The Morgan fingerprint density at radius 3 is 1.94 bits per heavy atom. The number of nitrogens with zero attached hydrogens (tertiary/aromatic N) is 2. The average Bonchev–Trinajstić information content (AvgIpc) is 2.74. The van der Waals surface area contributed by atoms with Gasteiger partial charge in [-0.2, -0.15) is 17.0 Å². The minimum absolute atomic E-state index is 0. The van der Waals surface area contributed by atoms with Crippen molar-refractivity contribution in [3.8, 4) is 0 Å². The summed E-state index contributed by atoms with van der Waals surface area (Å²) in [7, 11) is -3.21. The Morgan fingerprint density at radius 1 is 0.722 bits per heavy atom. The molecule has 0 amide bonds. The molecule has 0 bridgehead atoms. The second kappa shape index (κ2) is 7.65. The summed E-state index contributed by atoms with van der Waals surface area (Å²) in [5.74, 6) is 0. The lowest BCUT2D eigenvalue weighted by Crippen LogP contribution is -2.45. The predicted molar refractivity (Wildman–Crippen MR) is 75.3 cm³/mol. The van der Waals surface area contributed by atoms with Crippen LogP contribution < -0.4 is 5.32 Å². The summed E-state index contributed by atoms with van der Waals surface area (Å²) in [6, 6.07) is 0. The fraction of sp³-hybridized carbons (Fsp3) is 1.00. The van der Waals surface area contributed by atoms with Crippen LogP contribution in [0.3, 0.4) is 0 Å². The van der Waals surface area contributed by atoms with Gasteiger partial charge >= 0.3 is 0 Å². The lowest BCUT2D eigenvalue weighted by atomic mass is 10.2. The van der Waals surface area contributed by atoms with Crippen molar-refractivity contribution in [2.24, 2.45) is 0 Å². The molecule has 0 spiro atoms. The van der Waals surface area contributed by atoms with Crippen LogP contribution >= 0.6 is 12.4 Å². The topological polar surface area (TPSA) is 52.7 Å². The molecule has 5 nitrogen and oxygen atoms in total. The van der Waals surface area contributed by atoms with Crippen molar-refractivity contribution in [1.29, 1.82) is 0 Å². The Kier molecular flexibility index (Phi) is 6.87. The third-order valence-corrected chi connectivity index (χ3v) is 5.55. The highest BCUT2D eigenvalue weighted by Crippen LogP contribution is 2.16. The summed E-state index contributed by atoms with van der Waals surface area (Å²) in [6.45, 7) is 4.36. The molecule has 7 heteroatoms. The van der Waals surface area contributed by atoms with Crippen molar-refractivity contribution in [3.05, 3.63) is 0 Å². The molecule has 0 saturated carbocycles. The van der Waals surface area contributed by atoms with Gasteiger partial charge in [0, 0.05) is 32.7 Å². The number of hydrogen-bond acceptors (Lipinski definition) is 3. The molecule has 0 unspecified atom stereocenters. The van der Waals surface area contributed by atoms with E-state index in [1.165, 1.54) is 0 Å². The van der Waals surface area contributed by atoms with E-state index in [0.717, 1.165) is 45.2 Å². The average molecular weight is 298 g/mol. The van der Waals surface area contributed by atoms with Crippen LogP contribution in [0.2, 0.25) is 0 Å². The molecule has 0 aromatic carbocycles. The van der Waals surface area contributed by atoms with Crippen molar-refractivity contribution in [2.45, 2.75) is 32.1 Å². The SMILES string of the molecule is Cl.O=S(=O)(N1CCCCCC1)N1CCCNCC1. The maximum absolute atomic E-state index is 12.5. The molecule has 18 heavy (non-hydrogen) atoms. The zero-order valence-corrected chi connectivity index (χ0v) is 12.4. The Hall–Kier alpha value is 0.120. The first-order valence-electron chi connectivity index (χ1n) is 6.67. The monoisotopic (exact) mass is 297 g/mol. The molecule has 0 aliphatic carbocycles. The lowest BCUT2D eigenvalue weighted by Gasteiger charge is -2.27. The van der Waals surface area contributed by atoms with Gasteiger partial charge in [-0.1, -0.05) is 12.8 Å². The summed E-state index contributed by atoms with van der Waals surface area (Å²) in [5, 5.41) is 3.24. The summed E-state index contributed by atoms with van der Waals surface area (Å²) in [4.78, 5) is 0. The molecule has 2 aliphatic heterocycles. The van der Waals surface area contributed by atoms with E-state index < -0.39 is 10.2 Å². The van der Waals surface area contributed by atoms with E-state index in [9.17, 15) is 8.42 Å². The van der Waals surface area contributed by atoms with E-state index in [1.54, 1.807) is 8.61 Å². The first-order valence-corrected chi connectivity index (χ1v) is 8.07. The van der Waals surface area contributed by atoms with Crippen molar-refractivity contribution >= 4 is 22.6 Å². The first-order chi connectivity index (χ1) is 8.21. The van der Waals surface area contributed by atoms with Crippen LogP contribution in [0, 0.1) is 0 Å². The highest BCUT2D eigenvalue weighted by Gasteiger charge is 2.29. The largest absolute Gasteiger partial charge is 0.315 e. The number of nitrogens with one attached hydrogen (secondary N) is 1. The molecule has 0 radical (unpaired) electrons. The Bertz CT molecular complexity index is 295. The summed E-state index contributed by atoms with van der Waals surface area (Å²) in [5.41, 5.74) is 0. The van der Waals surface area contributed by atoms with Gasteiger partial charge in [0.15, 0.2) is 0 Å². The van der Waals surface area contributed by atoms with E-state index in [2.05, 4.69) is 5.32 Å². The van der Waals surface area contributed by atoms with Crippen LogP contribution in [-0.2, 0) is 10.2 Å². The second-order valence-corrected chi connectivity index (χ2v) is 6.75. The molecule has 0 aromatic rings. The van der Waals surface area contributed by atoms with E-state index >= 15 is 0 Å². The third kappa shape index (κ3) is 4.06. The molecule has 2 heterocycles. The molecule has 2 rings (SSSR count). The minimum atomic E-state index is -3.21. The summed E-state index contributed by atoms with van der Waals surface area (Å²) in [6.07, 6.45) is 5.24. The molecule has 0 aromatic heterocycles. The van der Waals surface area contributed by atoms with Crippen molar-refractivity contribution in [2.75, 3.05) is 39.3 Å². The maximum Gasteiger partial charge on any atom is 0.282 e. The zero-order valence-electron chi connectivity index (χ0n) is 10.8. The van der Waals surface area contributed by atoms with Crippen LogP contribution in [0.5, 0.6) is 0 Å². The Balaban J connectivity index is 0.00000162. The van der Waals surface area contributed by atoms with Crippen LogP contribution in [-0.4, -0.2) is 56.3 Å². The fourth-order valence-corrected chi connectivity index (χ4v) is 4.22. The fourth-order valence-electron chi connectivity index (χ4n) is 2.49. The molecule has 1 N–H and O–H groups in total. The van der Waals surface area contributed by atoms with Gasteiger partial charge in [0.05, 0.1) is 0 Å². The van der Waals surface area contributed by atoms with Crippen LogP contribution in [0.1, 0.15) is 32.1 Å². The summed E-state index contributed by atoms with van der Waals surface area (Å²) < 4.78 is 28.3. The van der Waals surface area contributed by atoms with Gasteiger partial charge in [-0.15, -0.1) is 12.4 Å². The standard InChI is InChI=1S/C11H23N3O2S.ClH/c15-17(16,13-8-3-1-2-4-9-13)14-10-5-6-12-7-11-14;/h12H,1-11H2;1H. The number of rotatable bonds is 2. The molecular formula is C11H24ClN3O2S. The van der Waals surface area contributed by atoms with Gasteiger partial charge in [-0.3, -0.25) is 0 Å². The molecule has 2 fully saturated rings. The molecule has 2 saturated heterocycles. The van der Waals surface area contributed by atoms with Gasteiger partial charge in [0.2, 0.25) is 0 Å². The van der Waals surface area contributed by atoms with Gasteiger partial charge < -0.3 is 5.32 Å². The Morgan fingerprint density at radius 2 is 1.28 bits per heavy atom. The molecule has 0 atom stereocenters. The molecular weight excluding hydrogens is 274 g/mol. The molecule has 108 valence electrons. The third-order valence-electron chi connectivity index (χ3n) is 3.52. The van der Waals surface area contributed by atoms with Crippen LogP contribution in [0.15, 0.2) is 0 Å². The van der Waals surface area contributed by atoms with Gasteiger partial charge in [0.1, 0.15) is 0 Å². The summed E-state index contributed by atoms with van der Waals surface area (Å²) >= 11 is 0. The Labute approximate surface area is 116 Å².